The van der Waals surface area contributed by atoms with Gasteiger partial charge in [-0.15, -0.1) is 0 Å². The maximum atomic E-state index is 12.4. The number of carboxylic acids is 1. The molecule has 2 N–H and O–H groups in total. The fourth-order valence-electron chi connectivity index (χ4n) is 2.12. The van der Waals surface area contributed by atoms with Crippen molar-refractivity contribution in [3.8, 4) is 0 Å². The number of hydrogen-bond acceptors (Lipinski definition) is 5. The maximum Gasteiger partial charge on any atom is 0.352 e. The second kappa shape index (κ2) is 4.86. The number of sulfonamides is 1. The van der Waals surface area contributed by atoms with E-state index in [2.05, 4.69) is 4.98 Å². The van der Waals surface area contributed by atoms with E-state index in [9.17, 15) is 21.6 Å². The van der Waals surface area contributed by atoms with Gasteiger partial charge in [-0.1, -0.05) is 0 Å². The van der Waals surface area contributed by atoms with Crippen LogP contribution in [0.1, 0.15) is 17.4 Å². The minimum Gasteiger partial charge on any atom is -0.477 e. The predicted octanol–water partition coefficient (Wildman–Crippen LogP) is -0.479. The first-order valence-electron chi connectivity index (χ1n) is 5.77. The summed E-state index contributed by atoms with van der Waals surface area (Å²) >= 11 is 0. The second-order valence-electron chi connectivity index (χ2n) is 4.63. The van der Waals surface area contributed by atoms with Crippen molar-refractivity contribution >= 4 is 25.8 Å². The highest BCUT2D eigenvalue weighted by Gasteiger charge is 2.37. The van der Waals surface area contributed by atoms with Crippen LogP contribution in [0.15, 0.2) is 17.2 Å². The molecule has 0 saturated carbocycles. The monoisotopic (exact) mass is 322 g/mol. The third-order valence-corrected chi connectivity index (χ3v) is 6.89. The summed E-state index contributed by atoms with van der Waals surface area (Å²) in [7, 11) is -7.12. The Hall–Kier alpha value is -1.39. The number of carbonyl (C=O) groups is 1. The van der Waals surface area contributed by atoms with Crippen molar-refractivity contribution in [1.82, 2.24) is 9.29 Å². The number of aromatic carboxylic acids is 1. The van der Waals surface area contributed by atoms with E-state index in [1.807, 2.05) is 0 Å². The maximum absolute atomic E-state index is 12.4. The topological polar surface area (TPSA) is 125 Å². The van der Waals surface area contributed by atoms with Crippen LogP contribution in [0.3, 0.4) is 0 Å². The minimum absolute atomic E-state index is 0.126. The third-order valence-electron chi connectivity index (χ3n) is 3.10. The van der Waals surface area contributed by atoms with Crippen LogP contribution in [0, 0.1) is 0 Å². The molecule has 10 heteroatoms. The van der Waals surface area contributed by atoms with Gasteiger partial charge in [0.1, 0.15) is 10.6 Å². The molecule has 20 heavy (non-hydrogen) atoms. The number of aromatic amines is 1. The van der Waals surface area contributed by atoms with E-state index in [0.29, 0.717) is 0 Å². The number of H-pyrrole nitrogens is 1. The zero-order valence-electron chi connectivity index (χ0n) is 10.6. The van der Waals surface area contributed by atoms with E-state index in [1.165, 1.54) is 6.92 Å². The fraction of sp³-hybridized carbons (Fsp3) is 0.500. The summed E-state index contributed by atoms with van der Waals surface area (Å²) in [5.41, 5.74) is -0.235. The van der Waals surface area contributed by atoms with Gasteiger partial charge in [0.15, 0.2) is 9.84 Å². The first-order valence-corrected chi connectivity index (χ1v) is 9.03. The summed E-state index contributed by atoms with van der Waals surface area (Å²) in [4.78, 5) is 12.9. The van der Waals surface area contributed by atoms with E-state index in [-0.39, 0.29) is 28.6 Å². The third kappa shape index (κ3) is 2.72. The number of hydrogen-bond donors (Lipinski definition) is 2. The largest absolute Gasteiger partial charge is 0.477 e. The van der Waals surface area contributed by atoms with Crippen molar-refractivity contribution < 1.29 is 26.7 Å². The Morgan fingerprint density at radius 3 is 2.65 bits per heavy atom. The lowest BCUT2D eigenvalue weighted by molar-refractivity contribution is 0.0691. The molecule has 0 spiro atoms. The van der Waals surface area contributed by atoms with Gasteiger partial charge in [-0.25, -0.2) is 21.6 Å². The highest BCUT2D eigenvalue weighted by molar-refractivity contribution is 7.92. The summed E-state index contributed by atoms with van der Waals surface area (Å²) in [6.45, 7) is 1.39. The molecule has 112 valence electrons. The molecule has 0 amide bonds. The van der Waals surface area contributed by atoms with E-state index in [1.54, 1.807) is 0 Å². The van der Waals surface area contributed by atoms with E-state index in [4.69, 9.17) is 5.11 Å². The number of sulfone groups is 1. The quantitative estimate of drug-likeness (QED) is 0.774. The van der Waals surface area contributed by atoms with E-state index in [0.717, 1.165) is 16.6 Å². The highest BCUT2D eigenvalue weighted by atomic mass is 32.2. The van der Waals surface area contributed by atoms with Crippen LogP contribution in [-0.2, 0) is 19.9 Å². The zero-order valence-corrected chi connectivity index (χ0v) is 12.2. The van der Waals surface area contributed by atoms with Crippen molar-refractivity contribution in [3.63, 3.8) is 0 Å². The lowest BCUT2D eigenvalue weighted by atomic mass is 10.4. The Balaban J connectivity index is 2.33. The Morgan fingerprint density at radius 1 is 1.50 bits per heavy atom. The summed E-state index contributed by atoms with van der Waals surface area (Å²) in [5.74, 6) is -1.73. The molecule has 1 atom stereocenters. The molecule has 1 saturated heterocycles. The molecule has 2 heterocycles. The molecule has 0 aliphatic carbocycles. The molecule has 8 nitrogen and oxygen atoms in total. The van der Waals surface area contributed by atoms with Gasteiger partial charge in [-0.3, -0.25) is 0 Å². The molecular weight excluding hydrogens is 308 g/mol. The van der Waals surface area contributed by atoms with Crippen molar-refractivity contribution in [2.45, 2.75) is 17.9 Å². The second-order valence-corrected chi connectivity index (χ2v) is 8.75. The van der Waals surface area contributed by atoms with Crippen LogP contribution >= 0.6 is 0 Å². The Morgan fingerprint density at radius 2 is 2.15 bits per heavy atom. The van der Waals surface area contributed by atoms with Crippen LogP contribution in [0.4, 0.5) is 0 Å². The minimum atomic E-state index is -3.90. The molecular formula is C10H14N2O6S2. The molecule has 1 aromatic heterocycles. The molecule has 1 unspecified atom stereocenters. The highest BCUT2D eigenvalue weighted by Crippen LogP contribution is 2.22. The number of nitrogens with one attached hydrogen (secondary N) is 1. The van der Waals surface area contributed by atoms with Gasteiger partial charge in [0, 0.05) is 18.8 Å². The van der Waals surface area contributed by atoms with Gasteiger partial charge in [-0.2, -0.15) is 4.31 Å². The Labute approximate surface area is 116 Å². The summed E-state index contributed by atoms with van der Waals surface area (Å²) in [5, 5.41) is 8.78. The SMILES string of the molecule is CC1CS(=O)(=O)CCN1S(=O)(=O)c1c[nH]c(C(=O)O)c1. The average molecular weight is 322 g/mol. The van der Waals surface area contributed by atoms with Crippen LogP contribution in [0.5, 0.6) is 0 Å². The van der Waals surface area contributed by atoms with E-state index < -0.39 is 31.9 Å². The predicted molar refractivity (Wildman–Crippen MR) is 69.8 cm³/mol. The lowest BCUT2D eigenvalue weighted by Gasteiger charge is -2.31. The average Bonchev–Trinajstić information content (AvgIpc) is 2.76. The van der Waals surface area contributed by atoms with Gasteiger partial charge >= 0.3 is 5.97 Å². The van der Waals surface area contributed by atoms with Crippen molar-refractivity contribution in [3.05, 3.63) is 18.0 Å². The standard InChI is InChI=1S/C10H14N2O6S2/c1-7-6-19(15,16)3-2-12(7)20(17,18)8-4-9(10(13)14)11-5-8/h4-5,7,11H,2-3,6H2,1H3,(H,13,14). The Bertz CT molecular complexity index is 734. The molecule has 1 aromatic rings. The molecule has 0 aromatic carbocycles. The molecule has 0 radical (unpaired) electrons. The molecule has 0 bridgehead atoms. The number of nitrogens with zero attached hydrogens (tertiary/aromatic N) is 1. The molecule has 2 rings (SSSR count). The van der Waals surface area contributed by atoms with Crippen molar-refractivity contribution in [2.75, 3.05) is 18.1 Å². The molecule has 1 aliphatic rings. The first-order chi connectivity index (χ1) is 9.13. The summed E-state index contributed by atoms with van der Waals surface area (Å²) < 4.78 is 48.7. The fourth-order valence-corrected chi connectivity index (χ4v) is 5.51. The molecule has 1 fully saturated rings. The van der Waals surface area contributed by atoms with Gasteiger partial charge in [0.2, 0.25) is 10.0 Å². The number of rotatable bonds is 3. The van der Waals surface area contributed by atoms with E-state index >= 15 is 0 Å². The summed E-state index contributed by atoms with van der Waals surface area (Å²) in [6, 6.07) is 0.343. The zero-order chi connectivity index (χ0) is 15.1. The van der Waals surface area contributed by atoms with Crippen LogP contribution in [0.2, 0.25) is 0 Å². The van der Waals surface area contributed by atoms with Crippen molar-refractivity contribution in [2.24, 2.45) is 0 Å². The van der Waals surface area contributed by atoms with Gasteiger partial charge in [0.05, 0.1) is 11.5 Å². The van der Waals surface area contributed by atoms with Gasteiger partial charge in [0.25, 0.3) is 0 Å². The lowest BCUT2D eigenvalue weighted by Crippen LogP contribution is -2.49. The number of aromatic nitrogens is 1. The normalized spacial score (nSPS) is 23.6. The van der Waals surface area contributed by atoms with Crippen LogP contribution in [-0.4, -0.2) is 61.3 Å². The Kier molecular flexibility index (Phi) is 3.65. The summed E-state index contributed by atoms with van der Waals surface area (Å²) in [6.07, 6.45) is 1.09. The number of carboxylic acid groups (broad SMARTS) is 1. The smallest absolute Gasteiger partial charge is 0.352 e. The van der Waals surface area contributed by atoms with Gasteiger partial charge in [-0.05, 0) is 13.0 Å². The van der Waals surface area contributed by atoms with Crippen LogP contribution in [0.25, 0.3) is 0 Å². The first kappa shape index (κ1) is 15.0. The van der Waals surface area contributed by atoms with Crippen molar-refractivity contribution in [1.29, 1.82) is 0 Å². The molecule has 1 aliphatic heterocycles. The van der Waals surface area contributed by atoms with Gasteiger partial charge < -0.3 is 10.1 Å². The van der Waals surface area contributed by atoms with Crippen LogP contribution < -0.4 is 0 Å².